The average molecular weight is 462 g/mol. The molecule has 0 fully saturated rings. The van der Waals surface area contributed by atoms with E-state index >= 15 is 0 Å². The quantitative estimate of drug-likeness (QED) is 0.261. The van der Waals surface area contributed by atoms with Gasteiger partial charge in [-0.2, -0.15) is 5.10 Å². The van der Waals surface area contributed by atoms with E-state index in [1.54, 1.807) is 35.0 Å². The van der Waals surface area contributed by atoms with Crippen LogP contribution in [0.5, 0.6) is 0 Å². The Labute approximate surface area is 193 Å². The van der Waals surface area contributed by atoms with Gasteiger partial charge in [-0.25, -0.2) is 19.0 Å². The number of aromatic nitrogens is 4. The zero-order valence-electron chi connectivity index (χ0n) is 18.0. The average Bonchev–Trinajstić information content (AvgIpc) is 3.47. The van der Waals surface area contributed by atoms with Gasteiger partial charge in [0.15, 0.2) is 5.65 Å². The minimum Gasteiger partial charge on any atom is -0.459 e. The fourth-order valence-electron chi connectivity index (χ4n) is 3.56. The SMILES string of the molecule is CC(c1cc2ccccc2o1)N(C)C(=O)CSc1ncnc2c1cnn2-c1ccc(F)cc1. The van der Waals surface area contributed by atoms with Gasteiger partial charge in [0.05, 0.1) is 29.1 Å². The summed E-state index contributed by atoms with van der Waals surface area (Å²) >= 11 is 1.33. The molecule has 1 atom stereocenters. The van der Waals surface area contributed by atoms with E-state index in [2.05, 4.69) is 15.1 Å². The van der Waals surface area contributed by atoms with Crippen LogP contribution in [0.15, 0.2) is 76.6 Å². The van der Waals surface area contributed by atoms with Gasteiger partial charge < -0.3 is 9.32 Å². The molecule has 0 aliphatic heterocycles. The van der Waals surface area contributed by atoms with Crippen LogP contribution < -0.4 is 0 Å². The Morgan fingerprint density at radius 2 is 1.97 bits per heavy atom. The Hall–Kier alpha value is -3.72. The lowest BCUT2D eigenvalue weighted by molar-refractivity contribution is -0.129. The molecule has 5 aromatic rings. The van der Waals surface area contributed by atoms with E-state index in [0.29, 0.717) is 16.4 Å². The molecule has 166 valence electrons. The summed E-state index contributed by atoms with van der Waals surface area (Å²) in [6.07, 6.45) is 3.10. The number of furan rings is 1. The second-order valence-electron chi connectivity index (χ2n) is 7.60. The van der Waals surface area contributed by atoms with Crippen LogP contribution in [0.3, 0.4) is 0 Å². The second-order valence-corrected chi connectivity index (χ2v) is 8.57. The van der Waals surface area contributed by atoms with Gasteiger partial charge in [0.1, 0.15) is 28.5 Å². The third kappa shape index (κ3) is 4.07. The molecule has 0 radical (unpaired) electrons. The van der Waals surface area contributed by atoms with Crippen molar-refractivity contribution in [1.82, 2.24) is 24.6 Å². The summed E-state index contributed by atoms with van der Waals surface area (Å²) in [7, 11) is 1.77. The first-order valence-electron chi connectivity index (χ1n) is 10.3. The highest BCUT2D eigenvalue weighted by molar-refractivity contribution is 8.00. The Morgan fingerprint density at radius 1 is 1.18 bits per heavy atom. The first kappa shape index (κ1) is 21.1. The van der Waals surface area contributed by atoms with Crippen molar-refractivity contribution in [2.45, 2.75) is 18.0 Å². The number of amides is 1. The minimum atomic E-state index is -0.319. The topological polar surface area (TPSA) is 77.1 Å². The molecule has 0 aliphatic carbocycles. The molecule has 5 rings (SSSR count). The minimum absolute atomic E-state index is 0.0503. The van der Waals surface area contributed by atoms with E-state index in [1.165, 1.54) is 30.2 Å². The van der Waals surface area contributed by atoms with Gasteiger partial charge in [-0.3, -0.25) is 4.79 Å². The number of rotatable bonds is 6. The standard InChI is InChI=1S/C24H20FN5O2S/c1-15(21-11-16-5-3-4-6-20(16)32-21)29(2)22(31)13-33-24-19-12-28-30(23(19)26-14-27-24)18-9-7-17(25)8-10-18/h3-12,14-15H,13H2,1-2H3. The van der Waals surface area contributed by atoms with Crippen molar-refractivity contribution in [3.8, 4) is 5.69 Å². The summed E-state index contributed by atoms with van der Waals surface area (Å²) in [5.41, 5.74) is 2.09. The number of para-hydroxylation sites is 1. The third-order valence-corrected chi connectivity index (χ3v) is 6.55. The van der Waals surface area contributed by atoms with Crippen molar-refractivity contribution < 1.29 is 13.6 Å². The zero-order chi connectivity index (χ0) is 22.9. The Balaban J connectivity index is 1.31. The highest BCUT2D eigenvalue weighted by Gasteiger charge is 2.22. The van der Waals surface area contributed by atoms with Crippen molar-refractivity contribution >= 4 is 39.7 Å². The molecule has 0 saturated heterocycles. The molecule has 1 unspecified atom stereocenters. The predicted molar refractivity (Wildman–Crippen MR) is 125 cm³/mol. The van der Waals surface area contributed by atoms with Crippen LogP contribution in [-0.4, -0.2) is 43.4 Å². The second kappa shape index (κ2) is 8.67. The molecule has 3 heterocycles. The van der Waals surface area contributed by atoms with Crippen LogP contribution in [0.25, 0.3) is 27.7 Å². The number of hydrogen-bond donors (Lipinski definition) is 0. The van der Waals surface area contributed by atoms with Crippen molar-refractivity contribution in [3.63, 3.8) is 0 Å². The number of halogens is 1. The van der Waals surface area contributed by atoms with Crippen molar-refractivity contribution in [1.29, 1.82) is 0 Å². The summed E-state index contributed by atoms with van der Waals surface area (Å²) in [6.45, 7) is 1.94. The fourth-order valence-corrected chi connectivity index (χ4v) is 4.44. The molecule has 33 heavy (non-hydrogen) atoms. The molecule has 9 heteroatoms. The van der Waals surface area contributed by atoms with E-state index in [9.17, 15) is 9.18 Å². The summed E-state index contributed by atoms with van der Waals surface area (Å²) in [5, 5.41) is 6.78. The molecule has 0 N–H and O–H groups in total. The number of thioether (sulfide) groups is 1. The van der Waals surface area contributed by atoms with E-state index in [-0.39, 0.29) is 23.5 Å². The van der Waals surface area contributed by atoms with Crippen LogP contribution in [-0.2, 0) is 4.79 Å². The molecule has 0 spiro atoms. The zero-order valence-corrected chi connectivity index (χ0v) is 18.8. The van der Waals surface area contributed by atoms with Crippen LogP contribution >= 0.6 is 11.8 Å². The summed E-state index contributed by atoms with van der Waals surface area (Å²) in [5.74, 6) is 0.572. The Kier molecular flexibility index (Phi) is 5.55. The predicted octanol–water partition coefficient (Wildman–Crippen LogP) is 5.01. The van der Waals surface area contributed by atoms with Gasteiger partial charge in [-0.05, 0) is 43.3 Å². The molecule has 2 aromatic carbocycles. The molecule has 0 bridgehead atoms. The van der Waals surface area contributed by atoms with Crippen LogP contribution in [0, 0.1) is 5.82 Å². The summed E-state index contributed by atoms with van der Waals surface area (Å²) in [4.78, 5) is 23.2. The molecular formula is C24H20FN5O2S. The Bertz CT molecular complexity index is 1410. The molecule has 0 saturated carbocycles. The smallest absolute Gasteiger partial charge is 0.233 e. The number of fused-ring (bicyclic) bond motifs is 2. The maximum Gasteiger partial charge on any atom is 0.233 e. The van der Waals surface area contributed by atoms with Crippen molar-refractivity contribution in [2.24, 2.45) is 0 Å². The number of carbonyl (C=O) groups is 1. The Morgan fingerprint density at radius 3 is 2.76 bits per heavy atom. The normalized spacial score (nSPS) is 12.3. The third-order valence-electron chi connectivity index (χ3n) is 5.56. The van der Waals surface area contributed by atoms with Crippen LogP contribution in [0.4, 0.5) is 4.39 Å². The molecule has 1 amide bonds. The van der Waals surface area contributed by atoms with Crippen molar-refractivity contribution in [2.75, 3.05) is 12.8 Å². The van der Waals surface area contributed by atoms with Crippen LogP contribution in [0.2, 0.25) is 0 Å². The number of benzene rings is 2. The van der Waals surface area contributed by atoms with Gasteiger partial charge >= 0.3 is 0 Å². The van der Waals surface area contributed by atoms with E-state index in [1.807, 2.05) is 37.3 Å². The van der Waals surface area contributed by atoms with Crippen LogP contribution in [0.1, 0.15) is 18.7 Å². The number of carbonyl (C=O) groups excluding carboxylic acids is 1. The molecule has 3 aromatic heterocycles. The lowest BCUT2D eigenvalue weighted by atomic mass is 10.2. The van der Waals surface area contributed by atoms with E-state index in [4.69, 9.17) is 4.42 Å². The first-order chi connectivity index (χ1) is 16.0. The largest absolute Gasteiger partial charge is 0.459 e. The first-order valence-corrected chi connectivity index (χ1v) is 11.3. The lowest BCUT2D eigenvalue weighted by Crippen LogP contribution is -2.30. The van der Waals surface area contributed by atoms with Gasteiger partial charge in [0.2, 0.25) is 5.91 Å². The monoisotopic (exact) mass is 461 g/mol. The number of nitrogens with zero attached hydrogens (tertiary/aromatic N) is 5. The van der Waals surface area contributed by atoms with Gasteiger partial charge in [-0.1, -0.05) is 30.0 Å². The molecule has 7 nitrogen and oxygen atoms in total. The highest BCUT2D eigenvalue weighted by atomic mass is 32.2. The van der Waals surface area contributed by atoms with Gasteiger partial charge in [-0.15, -0.1) is 0 Å². The summed E-state index contributed by atoms with van der Waals surface area (Å²) in [6, 6.07) is 15.5. The molecular weight excluding hydrogens is 441 g/mol. The van der Waals surface area contributed by atoms with Crippen molar-refractivity contribution in [3.05, 3.63) is 78.7 Å². The lowest BCUT2D eigenvalue weighted by Gasteiger charge is -2.23. The van der Waals surface area contributed by atoms with Gasteiger partial charge in [0, 0.05) is 12.4 Å². The maximum atomic E-state index is 13.3. The maximum absolute atomic E-state index is 13.3. The summed E-state index contributed by atoms with van der Waals surface area (Å²) < 4.78 is 20.8. The number of hydrogen-bond acceptors (Lipinski definition) is 6. The fraction of sp³-hybridized carbons (Fsp3) is 0.167. The van der Waals surface area contributed by atoms with Gasteiger partial charge in [0.25, 0.3) is 0 Å². The van der Waals surface area contributed by atoms with E-state index in [0.717, 1.165) is 22.1 Å². The van der Waals surface area contributed by atoms with E-state index < -0.39 is 0 Å². The molecule has 0 aliphatic rings. The highest BCUT2D eigenvalue weighted by Crippen LogP contribution is 2.29.